The van der Waals surface area contributed by atoms with Gasteiger partial charge in [-0.2, -0.15) is 0 Å². The lowest BCUT2D eigenvalue weighted by Gasteiger charge is -2.05. The van der Waals surface area contributed by atoms with Crippen molar-refractivity contribution in [1.29, 1.82) is 0 Å². The molecular weight excluding hydrogens is 248 g/mol. The van der Waals surface area contributed by atoms with Crippen LogP contribution >= 0.6 is 0 Å². The van der Waals surface area contributed by atoms with Gasteiger partial charge in [-0.1, -0.05) is 0 Å². The molecule has 0 spiro atoms. The van der Waals surface area contributed by atoms with Crippen molar-refractivity contribution < 1.29 is 19.4 Å². The predicted molar refractivity (Wildman–Crippen MR) is 70.1 cm³/mol. The molecule has 0 aliphatic heterocycles. The fourth-order valence-electron chi connectivity index (χ4n) is 1.28. The molecule has 1 rings (SSSR count). The zero-order valence-corrected chi connectivity index (χ0v) is 10.3. The monoisotopic (exact) mass is 264 g/mol. The molecule has 0 unspecified atom stereocenters. The number of aliphatic carboxylic acids is 1. The van der Waals surface area contributed by atoms with E-state index in [1.165, 1.54) is 6.08 Å². The van der Waals surface area contributed by atoms with Crippen LogP contribution in [0.2, 0.25) is 0 Å². The maximum Gasteiger partial charge on any atom is 0.328 e. The normalized spacial score (nSPS) is 10.4. The Kier molecular flexibility index (Phi) is 6.11. The molecule has 0 saturated carbocycles. The van der Waals surface area contributed by atoms with E-state index in [0.29, 0.717) is 24.4 Å². The standard InChI is InChI=1S/C13H16N2O4/c14-7-8-15-13(18)10-3-5-11(6-4-10)19-9-1-2-12(16)17/h1-6H,7-9,14H2,(H,15,18)(H,16,17)/b2-1+. The van der Waals surface area contributed by atoms with Gasteiger partial charge in [0.25, 0.3) is 5.91 Å². The second kappa shape index (κ2) is 7.88. The van der Waals surface area contributed by atoms with Crippen molar-refractivity contribution in [2.24, 2.45) is 5.73 Å². The average molecular weight is 264 g/mol. The van der Waals surface area contributed by atoms with Crippen molar-refractivity contribution in [3.8, 4) is 5.75 Å². The van der Waals surface area contributed by atoms with Gasteiger partial charge in [-0.15, -0.1) is 0 Å². The lowest BCUT2D eigenvalue weighted by molar-refractivity contribution is -0.131. The van der Waals surface area contributed by atoms with E-state index in [9.17, 15) is 9.59 Å². The number of carboxylic acids is 1. The average Bonchev–Trinajstić information content (AvgIpc) is 2.41. The summed E-state index contributed by atoms with van der Waals surface area (Å²) in [6.45, 7) is 0.977. The first-order valence-corrected chi connectivity index (χ1v) is 5.74. The van der Waals surface area contributed by atoms with Crippen LogP contribution in [-0.4, -0.2) is 36.7 Å². The molecule has 0 atom stereocenters. The topological polar surface area (TPSA) is 102 Å². The number of ether oxygens (including phenoxy) is 1. The maximum absolute atomic E-state index is 11.6. The molecule has 0 aliphatic carbocycles. The van der Waals surface area contributed by atoms with E-state index < -0.39 is 5.97 Å². The maximum atomic E-state index is 11.6. The number of hydrogen-bond acceptors (Lipinski definition) is 4. The van der Waals surface area contributed by atoms with Crippen molar-refractivity contribution in [3.63, 3.8) is 0 Å². The van der Waals surface area contributed by atoms with Crippen LogP contribution in [0.15, 0.2) is 36.4 Å². The van der Waals surface area contributed by atoms with Crippen LogP contribution in [0.25, 0.3) is 0 Å². The second-order valence-corrected chi connectivity index (χ2v) is 3.62. The lowest BCUT2D eigenvalue weighted by atomic mass is 10.2. The predicted octanol–water partition coefficient (Wildman–Crippen LogP) is 0.395. The number of benzene rings is 1. The first-order valence-electron chi connectivity index (χ1n) is 5.74. The van der Waals surface area contributed by atoms with Crippen LogP contribution in [0, 0.1) is 0 Å². The summed E-state index contributed by atoms with van der Waals surface area (Å²) in [6, 6.07) is 6.54. The highest BCUT2D eigenvalue weighted by molar-refractivity contribution is 5.94. The SMILES string of the molecule is NCCNC(=O)c1ccc(OC/C=C/C(=O)O)cc1. The van der Waals surface area contributed by atoms with Crippen molar-refractivity contribution in [1.82, 2.24) is 5.32 Å². The van der Waals surface area contributed by atoms with E-state index in [4.69, 9.17) is 15.6 Å². The van der Waals surface area contributed by atoms with Gasteiger partial charge in [0.2, 0.25) is 0 Å². The number of nitrogens with one attached hydrogen (secondary N) is 1. The van der Waals surface area contributed by atoms with Crippen LogP contribution in [0.4, 0.5) is 0 Å². The third kappa shape index (κ3) is 5.69. The van der Waals surface area contributed by atoms with Gasteiger partial charge >= 0.3 is 5.97 Å². The Hall–Kier alpha value is -2.34. The number of amides is 1. The minimum atomic E-state index is -1.02. The number of nitrogens with two attached hydrogens (primary N) is 1. The summed E-state index contributed by atoms with van der Waals surface area (Å²) in [4.78, 5) is 21.8. The molecule has 0 saturated heterocycles. The summed E-state index contributed by atoms with van der Waals surface area (Å²) in [5.74, 6) is -0.649. The molecule has 4 N–H and O–H groups in total. The molecular formula is C13H16N2O4. The van der Waals surface area contributed by atoms with Crippen LogP contribution in [0.3, 0.4) is 0 Å². The summed E-state index contributed by atoms with van der Waals surface area (Å²) in [7, 11) is 0. The van der Waals surface area contributed by atoms with Crippen molar-refractivity contribution in [2.75, 3.05) is 19.7 Å². The summed E-state index contributed by atoms with van der Waals surface area (Å²) < 4.78 is 5.27. The zero-order chi connectivity index (χ0) is 14.1. The van der Waals surface area contributed by atoms with E-state index in [2.05, 4.69) is 5.32 Å². The van der Waals surface area contributed by atoms with Gasteiger partial charge in [-0.05, 0) is 30.3 Å². The van der Waals surface area contributed by atoms with Gasteiger partial charge in [0.15, 0.2) is 0 Å². The fraction of sp³-hybridized carbons (Fsp3) is 0.231. The molecule has 6 heteroatoms. The quantitative estimate of drug-likeness (QED) is 0.618. The zero-order valence-electron chi connectivity index (χ0n) is 10.3. The van der Waals surface area contributed by atoms with Gasteiger partial charge in [-0.25, -0.2) is 4.79 Å². The Morgan fingerprint density at radius 2 is 2.00 bits per heavy atom. The molecule has 0 fully saturated rings. The molecule has 102 valence electrons. The number of rotatable bonds is 7. The van der Waals surface area contributed by atoms with Gasteiger partial charge in [-0.3, -0.25) is 4.79 Å². The summed E-state index contributed by atoms with van der Waals surface area (Å²) in [5.41, 5.74) is 5.80. The minimum Gasteiger partial charge on any atom is -0.490 e. The molecule has 1 aromatic carbocycles. The molecule has 0 bridgehead atoms. The van der Waals surface area contributed by atoms with Crippen molar-refractivity contribution in [2.45, 2.75) is 0 Å². The third-order valence-electron chi connectivity index (χ3n) is 2.15. The molecule has 0 aliphatic rings. The fourth-order valence-corrected chi connectivity index (χ4v) is 1.28. The largest absolute Gasteiger partial charge is 0.490 e. The second-order valence-electron chi connectivity index (χ2n) is 3.62. The van der Waals surface area contributed by atoms with Crippen molar-refractivity contribution >= 4 is 11.9 Å². The number of hydrogen-bond donors (Lipinski definition) is 3. The van der Waals surface area contributed by atoms with Gasteiger partial charge < -0.3 is 20.9 Å². The number of carbonyl (C=O) groups is 2. The highest BCUT2D eigenvalue weighted by atomic mass is 16.5. The Bertz CT molecular complexity index is 454. The molecule has 0 heterocycles. The Labute approximate surface area is 110 Å². The first kappa shape index (κ1) is 14.7. The Balaban J connectivity index is 2.47. The molecule has 0 aromatic heterocycles. The van der Waals surface area contributed by atoms with Crippen LogP contribution in [0.5, 0.6) is 5.75 Å². The third-order valence-corrected chi connectivity index (χ3v) is 2.15. The van der Waals surface area contributed by atoms with Crippen LogP contribution in [-0.2, 0) is 4.79 Å². The highest BCUT2D eigenvalue weighted by Gasteiger charge is 2.03. The number of carboxylic acid groups (broad SMARTS) is 1. The molecule has 1 amide bonds. The molecule has 6 nitrogen and oxygen atoms in total. The Morgan fingerprint density at radius 3 is 2.58 bits per heavy atom. The highest BCUT2D eigenvalue weighted by Crippen LogP contribution is 2.12. The summed E-state index contributed by atoms with van der Waals surface area (Å²) in [5, 5.41) is 11.0. The smallest absolute Gasteiger partial charge is 0.328 e. The van der Waals surface area contributed by atoms with E-state index in [-0.39, 0.29) is 12.5 Å². The lowest BCUT2D eigenvalue weighted by Crippen LogP contribution is -2.28. The van der Waals surface area contributed by atoms with E-state index in [0.717, 1.165) is 6.08 Å². The minimum absolute atomic E-state index is 0.158. The molecule has 0 radical (unpaired) electrons. The first-order chi connectivity index (χ1) is 9.13. The van der Waals surface area contributed by atoms with Crippen molar-refractivity contribution in [3.05, 3.63) is 42.0 Å². The summed E-state index contributed by atoms with van der Waals surface area (Å²) in [6.07, 6.45) is 2.40. The Morgan fingerprint density at radius 1 is 1.32 bits per heavy atom. The summed E-state index contributed by atoms with van der Waals surface area (Å²) >= 11 is 0. The molecule has 19 heavy (non-hydrogen) atoms. The van der Waals surface area contributed by atoms with Crippen LogP contribution in [0.1, 0.15) is 10.4 Å². The van der Waals surface area contributed by atoms with Gasteiger partial charge in [0.05, 0.1) is 0 Å². The van der Waals surface area contributed by atoms with Gasteiger partial charge in [0.1, 0.15) is 12.4 Å². The van der Waals surface area contributed by atoms with E-state index in [1.807, 2.05) is 0 Å². The molecule has 1 aromatic rings. The van der Waals surface area contributed by atoms with Gasteiger partial charge in [0, 0.05) is 24.7 Å². The van der Waals surface area contributed by atoms with E-state index in [1.54, 1.807) is 24.3 Å². The van der Waals surface area contributed by atoms with Crippen LogP contribution < -0.4 is 15.8 Å². The number of carbonyl (C=O) groups excluding carboxylic acids is 1. The van der Waals surface area contributed by atoms with E-state index >= 15 is 0 Å².